The molecule has 0 aromatic heterocycles. The molecule has 2 aliphatic heterocycles. The van der Waals surface area contributed by atoms with Crippen molar-refractivity contribution >= 4 is 35.5 Å². The summed E-state index contributed by atoms with van der Waals surface area (Å²) in [7, 11) is 0. The standard InChI is InChI=1S/C18H15N3O4S/c22-17(9-21-13-3-1-2-4-16(13)26-10-18(21)23)20-19-8-12-5-6-14-15(7-12)25-11-24-14/h1-8H,9-11H2,(H,20,22)/b19-8+. The topological polar surface area (TPSA) is 80.2 Å². The molecule has 2 aromatic carbocycles. The molecule has 7 nitrogen and oxygen atoms in total. The third-order valence-corrected chi connectivity index (χ3v) is 4.96. The van der Waals surface area contributed by atoms with Crippen molar-refractivity contribution in [3.63, 3.8) is 0 Å². The van der Waals surface area contributed by atoms with Crippen LogP contribution in [0.2, 0.25) is 0 Å². The first-order valence-electron chi connectivity index (χ1n) is 7.94. The number of amides is 2. The van der Waals surface area contributed by atoms with Crippen LogP contribution in [-0.2, 0) is 9.59 Å². The van der Waals surface area contributed by atoms with E-state index in [-0.39, 0.29) is 25.2 Å². The Bertz CT molecular complexity index is 900. The van der Waals surface area contributed by atoms with E-state index in [1.807, 2.05) is 30.3 Å². The highest BCUT2D eigenvalue weighted by molar-refractivity contribution is 8.00. The van der Waals surface area contributed by atoms with E-state index in [0.717, 1.165) is 16.1 Å². The summed E-state index contributed by atoms with van der Waals surface area (Å²) in [6, 6.07) is 12.9. The Morgan fingerprint density at radius 2 is 2.08 bits per heavy atom. The number of para-hydroxylation sites is 1. The van der Waals surface area contributed by atoms with Crippen LogP contribution in [0.3, 0.4) is 0 Å². The highest BCUT2D eigenvalue weighted by Gasteiger charge is 2.26. The molecule has 1 N–H and O–H groups in total. The van der Waals surface area contributed by atoms with Crippen LogP contribution < -0.4 is 19.8 Å². The number of anilines is 1. The van der Waals surface area contributed by atoms with Gasteiger partial charge in [-0.1, -0.05) is 12.1 Å². The number of nitrogens with zero attached hydrogens (tertiary/aromatic N) is 2. The zero-order chi connectivity index (χ0) is 17.9. The van der Waals surface area contributed by atoms with Crippen LogP contribution in [0.4, 0.5) is 5.69 Å². The van der Waals surface area contributed by atoms with Gasteiger partial charge in [0.1, 0.15) is 6.54 Å². The maximum Gasteiger partial charge on any atom is 0.260 e. The highest BCUT2D eigenvalue weighted by Crippen LogP contribution is 2.34. The summed E-state index contributed by atoms with van der Waals surface area (Å²) in [6.07, 6.45) is 1.52. The Balaban J connectivity index is 1.39. The van der Waals surface area contributed by atoms with E-state index in [0.29, 0.717) is 17.3 Å². The predicted octanol–water partition coefficient (Wildman–Crippen LogP) is 2.00. The van der Waals surface area contributed by atoms with E-state index in [9.17, 15) is 9.59 Å². The molecule has 0 radical (unpaired) electrons. The molecule has 0 saturated carbocycles. The molecule has 0 unspecified atom stereocenters. The lowest BCUT2D eigenvalue weighted by Crippen LogP contribution is -2.42. The minimum absolute atomic E-state index is 0.0745. The van der Waals surface area contributed by atoms with Crippen LogP contribution in [0.1, 0.15) is 5.56 Å². The smallest absolute Gasteiger partial charge is 0.260 e. The summed E-state index contributed by atoms with van der Waals surface area (Å²) >= 11 is 1.48. The number of ether oxygens (including phenoxy) is 2. The molecule has 0 fully saturated rings. The Kier molecular flexibility index (Phi) is 4.49. The van der Waals surface area contributed by atoms with Gasteiger partial charge in [-0.25, -0.2) is 5.43 Å². The van der Waals surface area contributed by atoms with Crippen LogP contribution in [0.25, 0.3) is 0 Å². The number of hydrogen-bond donors (Lipinski definition) is 1. The fourth-order valence-corrected chi connectivity index (χ4v) is 3.61. The Hall–Kier alpha value is -3.00. The summed E-state index contributed by atoms with van der Waals surface area (Å²) in [5.74, 6) is 1.20. The third kappa shape index (κ3) is 3.36. The maximum atomic E-state index is 12.2. The number of fused-ring (bicyclic) bond motifs is 2. The number of carbonyl (C=O) groups is 2. The van der Waals surface area contributed by atoms with Crippen molar-refractivity contribution in [2.75, 3.05) is 24.0 Å². The SMILES string of the molecule is O=C(CN1C(=O)CSc2ccccc21)N/N=C/c1ccc2c(c1)OCO2. The normalized spacial score (nSPS) is 15.2. The number of hydrazone groups is 1. The molecule has 0 atom stereocenters. The first kappa shape index (κ1) is 16.5. The van der Waals surface area contributed by atoms with Crippen molar-refractivity contribution in [2.24, 2.45) is 5.10 Å². The maximum absolute atomic E-state index is 12.2. The van der Waals surface area contributed by atoms with Gasteiger partial charge < -0.3 is 14.4 Å². The second-order valence-corrected chi connectivity index (χ2v) is 6.66. The molecule has 0 spiro atoms. The summed E-state index contributed by atoms with van der Waals surface area (Å²) < 4.78 is 10.5. The predicted molar refractivity (Wildman–Crippen MR) is 97.8 cm³/mol. The van der Waals surface area contributed by atoms with Gasteiger partial charge in [0.15, 0.2) is 11.5 Å². The van der Waals surface area contributed by atoms with Gasteiger partial charge in [0.25, 0.3) is 5.91 Å². The molecule has 132 valence electrons. The van der Waals surface area contributed by atoms with Crippen molar-refractivity contribution in [1.82, 2.24) is 5.43 Å². The Morgan fingerprint density at radius 1 is 1.23 bits per heavy atom. The summed E-state index contributed by atoms with van der Waals surface area (Å²) in [5, 5.41) is 3.95. The number of carbonyl (C=O) groups excluding carboxylic acids is 2. The van der Waals surface area contributed by atoms with E-state index < -0.39 is 0 Å². The van der Waals surface area contributed by atoms with Crippen LogP contribution in [0.15, 0.2) is 52.5 Å². The molecule has 2 amide bonds. The number of thioether (sulfide) groups is 1. The second-order valence-electron chi connectivity index (χ2n) is 5.64. The molecule has 2 aromatic rings. The lowest BCUT2D eigenvalue weighted by atomic mass is 10.2. The Labute approximate surface area is 154 Å². The van der Waals surface area contributed by atoms with E-state index in [1.165, 1.54) is 22.9 Å². The van der Waals surface area contributed by atoms with E-state index in [4.69, 9.17) is 9.47 Å². The average molecular weight is 369 g/mol. The minimum Gasteiger partial charge on any atom is -0.454 e. The molecule has 2 aliphatic rings. The lowest BCUT2D eigenvalue weighted by Gasteiger charge is -2.27. The van der Waals surface area contributed by atoms with Gasteiger partial charge in [-0.2, -0.15) is 5.10 Å². The third-order valence-electron chi connectivity index (χ3n) is 3.91. The molecule has 0 saturated heterocycles. The van der Waals surface area contributed by atoms with Crippen molar-refractivity contribution in [3.8, 4) is 11.5 Å². The van der Waals surface area contributed by atoms with E-state index >= 15 is 0 Å². The largest absolute Gasteiger partial charge is 0.454 e. The zero-order valence-corrected chi connectivity index (χ0v) is 14.5. The number of nitrogens with one attached hydrogen (secondary N) is 1. The van der Waals surface area contributed by atoms with Crippen LogP contribution in [-0.4, -0.2) is 37.1 Å². The van der Waals surface area contributed by atoms with Gasteiger partial charge in [-0.3, -0.25) is 9.59 Å². The summed E-state index contributed by atoms with van der Waals surface area (Å²) in [5.41, 5.74) is 3.98. The van der Waals surface area contributed by atoms with Crippen LogP contribution in [0.5, 0.6) is 11.5 Å². The molecule has 2 heterocycles. The zero-order valence-electron chi connectivity index (χ0n) is 13.7. The quantitative estimate of drug-likeness (QED) is 0.659. The van der Waals surface area contributed by atoms with Crippen molar-refractivity contribution < 1.29 is 19.1 Å². The van der Waals surface area contributed by atoms with Gasteiger partial charge in [0.05, 0.1) is 17.7 Å². The Morgan fingerprint density at radius 3 is 3.00 bits per heavy atom. The van der Waals surface area contributed by atoms with Gasteiger partial charge in [0, 0.05) is 4.90 Å². The lowest BCUT2D eigenvalue weighted by molar-refractivity contribution is -0.122. The van der Waals surface area contributed by atoms with Crippen LogP contribution in [0, 0.1) is 0 Å². The molecule has 0 bridgehead atoms. The van der Waals surface area contributed by atoms with Crippen molar-refractivity contribution in [2.45, 2.75) is 4.90 Å². The molecular weight excluding hydrogens is 354 g/mol. The molecule has 26 heavy (non-hydrogen) atoms. The number of benzene rings is 2. The molecule has 4 rings (SSSR count). The first-order chi connectivity index (χ1) is 12.7. The second kappa shape index (κ2) is 7.09. The molecule has 0 aliphatic carbocycles. The van der Waals surface area contributed by atoms with Gasteiger partial charge >= 0.3 is 0 Å². The fourth-order valence-electron chi connectivity index (χ4n) is 2.68. The summed E-state index contributed by atoms with van der Waals surface area (Å²) in [4.78, 5) is 26.8. The summed E-state index contributed by atoms with van der Waals surface area (Å²) in [6.45, 7) is 0.130. The van der Waals surface area contributed by atoms with E-state index in [2.05, 4.69) is 10.5 Å². The van der Waals surface area contributed by atoms with Gasteiger partial charge in [-0.05, 0) is 35.9 Å². The molecule has 8 heteroatoms. The van der Waals surface area contributed by atoms with Crippen LogP contribution >= 0.6 is 11.8 Å². The van der Waals surface area contributed by atoms with Gasteiger partial charge in [-0.15, -0.1) is 11.8 Å². The van der Waals surface area contributed by atoms with Crippen molar-refractivity contribution in [1.29, 1.82) is 0 Å². The van der Waals surface area contributed by atoms with E-state index in [1.54, 1.807) is 12.1 Å². The van der Waals surface area contributed by atoms with Gasteiger partial charge in [0.2, 0.25) is 12.7 Å². The average Bonchev–Trinajstić information content (AvgIpc) is 3.12. The minimum atomic E-state index is -0.364. The molecular formula is C18H15N3O4S. The highest BCUT2D eigenvalue weighted by atomic mass is 32.2. The number of hydrogen-bond acceptors (Lipinski definition) is 6. The fraction of sp³-hybridized carbons (Fsp3) is 0.167. The first-order valence-corrected chi connectivity index (χ1v) is 8.93. The number of rotatable bonds is 4. The monoisotopic (exact) mass is 369 g/mol. The van der Waals surface area contributed by atoms with Crippen molar-refractivity contribution in [3.05, 3.63) is 48.0 Å².